The molecular weight excluding hydrogens is 355 g/mol. The molecule has 1 N–H and O–H groups in total. The first-order valence-corrected chi connectivity index (χ1v) is 9.98. The summed E-state index contributed by atoms with van der Waals surface area (Å²) in [4.78, 5) is 14.2. The average molecular weight is 376 g/mol. The molecule has 138 valence electrons. The van der Waals surface area contributed by atoms with Crippen LogP contribution in [0.2, 0.25) is 0 Å². The molecule has 1 heterocycles. The lowest BCUT2D eigenvalue weighted by Crippen LogP contribution is -2.38. The molecular formula is C19H21FN2O3S. The second-order valence-corrected chi connectivity index (χ2v) is 8.21. The molecule has 7 heteroatoms. The van der Waals surface area contributed by atoms with Gasteiger partial charge in [-0.1, -0.05) is 30.3 Å². The van der Waals surface area contributed by atoms with Crippen molar-refractivity contribution in [1.29, 1.82) is 0 Å². The fraction of sp³-hybridized carbons (Fsp3) is 0.316. The number of rotatable bonds is 4. The molecule has 26 heavy (non-hydrogen) atoms. The maximum atomic E-state index is 14.1. The highest BCUT2D eigenvalue weighted by molar-refractivity contribution is 7.89. The summed E-state index contributed by atoms with van der Waals surface area (Å²) in [5.41, 5.74) is 1.03. The third-order valence-electron chi connectivity index (χ3n) is 4.80. The first-order chi connectivity index (χ1) is 12.4. The van der Waals surface area contributed by atoms with Crippen LogP contribution in [0.3, 0.4) is 0 Å². The molecule has 2 aromatic carbocycles. The van der Waals surface area contributed by atoms with Crippen LogP contribution in [0, 0.1) is 5.82 Å². The summed E-state index contributed by atoms with van der Waals surface area (Å²) in [5.74, 6) is -0.807. The second kappa shape index (κ2) is 7.55. The Balaban J connectivity index is 1.76. The molecule has 0 atom stereocenters. The second-order valence-electron chi connectivity index (χ2n) is 6.33. The van der Waals surface area contributed by atoms with E-state index in [4.69, 9.17) is 0 Å². The lowest BCUT2D eigenvalue weighted by molar-refractivity contribution is 0.0708. The third kappa shape index (κ3) is 3.78. The van der Waals surface area contributed by atoms with Crippen molar-refractivity contribution in [2.75, 3.05) is 20.1 Å². The Morgan fingerprint density at radius 3 is 2.38 bits per heavy atom. The van der Waals surface area contributed by atoms with Crippen LogP contribution in [-0.4, -0.2) is 39.4 Å². The van der Waals surface area contributed by atoms with Gasteiger partial charge in [-0.25, -0.2) is 17.5 Å². The Hall–Kier alpha value is -2.25. The van der Waals surface area contributed by atoms with Gasteiger partial charge in [-0.3, -0.25) is 4.79 Å². The number of halogens is 1. The van der Waals surface area contributed by atoms with E-state index in [1.165, 1.54) is 12.6 Å². The highest BCUT2D eigenvalue weighted by Gasteiger charge is 2.27. The number of hydrogen-bond donors (Lipinski definition) is 1. The first-order valence-electron chi connectivity index (χ1n) is 8.49. The maximum Gasteiger partial charge on any atom is 0.256 e. The Morgan fingerprint density at radius 1 is 1.12 bits per heavy atom. The summed E-state index contributed by atoms with van der Waals surface area (Å²) in [5, 5.41) is 0. The number of carbonyl (C=O) groups excluding carboxylic acids is 1. The highest BCUT2D eigenvalue weighted by Crippen LogP contribution is 2.29. The summed E-state index contributed by atoms with van der Waals surface area (Å²) in [6.07, 6.45) is 1.59. The summed E-state index contributed by atoms with van der Waals surface area (Å²) in [6, 6.07) is 13.4. The van der Waals surface area contributed by atoms with Gasteiger partial charge in [0.2, 0.25) is 10.0 Å². The monoisotopic (exact) mass is 376 g/mol. The van der Waals surface area contributed by atoms with Crippen LogP contribution in [0.5, 0.6) is 0 Å². The van der Waals surface area contributed by atoms with Gasteiger partial charge in [-0.15, -0.1) is 0 Å². The van der Waals surface area contributed by atoms with Gasteiger partial charge in [-0.05, 0) is 49.6 Å². The fourth-order valence-corrected chi connectivity index (χ4v) is 4.02. The standard InChI is InChI=1S/C19H21FN2O3S/c1-21-26(24,25)16-7-8-18(20)17(13-16)19(23)22-11-9-15(10-12-22)14-5-3-2-4-6-14/h2-8,13,15,21H,9-12H2,1H3. The molecule has 0 spiro atoms. The number of nitrogens with one attached hydrogen (secondary N) is 1. The summed E-state index contributed by atoms with van der Waals surface area (Å²) in [6.45, 7) is 1.03. The number of carbonyl (C=O) groups is 1. The zero-order valence-electron chi connectivity index (χ0n) is 14.5. The minimum Gasteiger partial charge on any atom is -0.339 e. The van der Waals surface area contributed by atoms with E-state index in [0.717, 1.165) is 31.0 Å². The van der Waals surface area contributed by atoms with Gasteiger partial charge in [-0.2, -0.15) is 0 Å². The highest BCUT2D eigenvalue weighted by atomic mass is 32.2. The number of nitrogens with zero attached hydrogens (tertiary/aromatic N) is 1. The molecule has 1 amide bonds. The molecule has 3 rings (SSSR count). The van der Waals surface area contributed by atoms with E-state index in [0.29, 0.717) is 19.0 Å². The summed E-state index contributed by atoms with van der Waals surface area (Å²) >= 11 is 0. The van der Waals surface area contributed by atoms with Crippen LogP contribution in [-0.2, 0) is 10.0 Å². The van der Waals surface area contributed by atoms with Crippen molar-refractivity contribution in [3.8, 4) is 0 Å². The molecule has 0 unspecified atom stereocenters. The molecule has 1 aliphatic heterocycles. The van der Waals surface area contributed by atoms with Crippen LogP contribution in [0.25, 0.3) is 0 Å². The average Bonchev–Trinajstić information content (AvgIpc) is 2.68. The number of hydrogen-bond acceptors (Lipinski definition) is 3. The van der Waals surface area contributed by atoms with Gasteiger partial charge >= 0.3 is 0 Å². The maximum absolute atomic E-state index is 14.1. The van der Waals surface area contributed by atoms with E-state index in [1.807, 2.05) is 18.2 Å². The van der Waals surface area contributed by atoms with Gasteiger partial charge in [0.15, 0.2) is 0 Å². The quantitative estimate of drug-likeness (QED) is 0.892. The Labute approximate surface area is 152 Å². The molecule has 0 saturated carbocycles. The first kappa shape index (κ1) is 18.5. The minimum absolute atomic E-state index is 0.121. The van der Waals surface area contributed by atoms with Crippen molar-refractivity contribution < 1.29 is 17.6 Å². The molecule has 2 aromatic rings. The Bertz CT molecular complexity index is 892. The largest absolute Gasteiger partial charge is 0.339 e. The predicted octanol–water partition coefficient (Wildman–Crippen LogP) is 2.75. The fourth-order valence-electron chi connectivity index (χ4n) is 3.26. The molecule has 5 nitrogen and oxygen atoms in total. The van der Waals surface area contributed by atoms with E-state index in [-0.39, 0.29) is 10.5 Å². The predicted molar refractivity (Wildman–Crippen MR) is 97.0 cm³/mol. The van der Waals surface area contributed by atoms with Crippen molar-refractivity contribution >= 4 is 15.9 Å². The summed E-state index contributed by atoms with van der Waals surface area (Å²) in [7, 11) is -2.46. The molecule has 1 fully saturated rings. The number of likely N-dealkylation sites (tertiary alicyclic amines) is 1. The third-order valence-corrected chi connectivity index (χ3v) is 6.21. The van der Waals surface area contributed by atoms with Crippen LogP contribution in [0.4, 0.5) is 4.39 Å². The molecule has 1 saturated heterocycles. The molecule has 0 radical (unpaired) electrons. The Morgan fingerprint density at radius 2 is 1.77 bits per heavy atom. The lowest BCUT2D eigenvalue weighted by Gasteiger charge is -2.32. The van der Waals surface area contributed by atoms with Gasteiger partial charge in [0, 0.05) is 13.1 Å². The van der Waals surface area contributed by atoms with Crippen molar-refractivity contribution in [2.45, 2.75) is 23.7 Å². The summed E-state index contributed by atoms with van der Waals surface area (Å²) < 4.78 is 40.1. The van der Waals surface area contributed by atoms with Gasteiger partial charge in [0.05, 0.1) is 10.5 Å². The Kier molecular flexibility index (Phi) is 5.38. The number of piperidine rings is 1. The normalized spacial score (nSPS) is 15.8. The van der Waals surface area contributed by atoms with Crippen LogP contribution in [0.15, 0.2) is 53.4 Å². The zero-order chi connectivity index (χ0) is 18.7. The zero-order valence-corrected chi connectivity index (χ0v) is 15.3. The molecule has 0 aromatic heterocycles. The van der Waals surface area contributed by atoms with Crippen molar-refractivity contribution in [2.24, 2.45) is 0 Å². The van der Waals surface area contributed by atoms with E-state index >= 15 is 0 Å². The van der Waals surface area contributed by atoms with Crippen LogP contribution < -0.4 is 4.72 Å². The smallest absolute Gasteiger partial charge is 0.256 e. The number of sulfonamides is 1. The molecule has 0 bridgehead atoms. The van der Waals surface area contributed by atoms with Crippen LogP contribution >= 0.6 is 0 Å². The molecule has 1 aliphatic rings. The van der Waals surface area contributed by atoms with Gasteiger partial charge in [0.25, 0.3) is 5.91 Å². The van der Waals surface area contributed by atoms with Gasteiger partial charge < -0.3 is 4.90 Å². The van der Waals surface area contributed by atoms with E-state index in [2.05, 4.69) is 16.9 Å². The van der Waals surface area contributed by atoms with Crippen molar-refractivity contribution in [1.82, 2.24) is 9.62 Å². The van der Waals surface area contributed by atoms with E-state index in [9.17, 15) is 17.6 Å². The van der Waals surface area contributed by atoms with E-state index < -0.39 is 21.7 Å². The number of benzene rings is 2. The number of amides is 1. The van der Waals surface area contributed by atoms with E-state index in [1.54, 1.807) is 4.90 Å². The topological polar surface area (TPSA) is 66.5 Å². The van der Waals surface area contributed by atoms with Crippen molar-refractivity contribution in [3.05, 3.63) is 65.5 Å². The van der Waals surface area contributed by atoms with Crippen molar-refractivity contribution in [3.63, 3.8) is 0 Å². The lowest BCUT2D eigenvalue weighted by atomic mass is 9.89. The molecule has 0 aliphatic carbocycles. The SMILES string of the molecule is CNS(=O)(=O)c1ccc(F)c(C(=O)N2CCC(c3ccccc3)CC2)c1. The minimum atomic E-state index is -3.73. The van der Waals surface area contributed by atoms with Crippen LogP contribution in [0.1, 0.15) is 34.7 Å². The van der Waals surface area contributed by atoms with Gasteiger partial charge in [0.1, 0.15) is 5.82 Å².